The van der Waals surface area contributed by atoms with Gasteiger partial charge in [-0.15, -0.1) is 0 Å². The molecule has 3 rings (SSSR count). The first-order chi connectivity index (χ1) is 14.3. The summed E-state index contributed by atoms with van der Waals surface area (Å²) in [7, 11) is 0. The number of benzene rings is 2. The highest BCUT2D eigenvalue weighted by atomic mass is 79.9. The fourth-order valence-electron chi connectivity index (χ4n) is 3.87. The zero-order valence-electron chi connectivity index (χ0n) is 17.3. The Labute approximate surface area is 183 Å². The maximum Gasteiger partial charge on any atom is 0.0717 e. The smallest absolute Gasteiger partial charge is 0.0717 e. The van der Waals surface area contributed by atoms with Crippen molar-refractivity contribution in [3.05, 3.63) is 71.8 Å². The first kappa shape index (κ1) is 22.5. The van der Waals surface area contributed by atoms with E-state index < -0.39 is 0 Å². The molecule has 0 aromatic heterocycles. The van der Waals surface area contributed by atoms with Crippen molar-refractivity contribution in [2.75, 3.05) is 19.8 Å². The summed E-state index contributed by atoms with van der Waals surface area (Å²) in [6, 6.07) is 20.7. The van der Waals surface area contributed by atoms with Crippen molar-refractivity contribution in [1.29, 1.82) is 0 Å². The molecule has 0 aliphatic carbocycles. The SMILES string of the molecule is CCCC1COC(C(COCc2ccccc2)COCc2ccccc2)CC1Br. The van der Waals surface area contributed by atoms with Crippen LogP contribution in [0.2, 0.25) is 0 Å². The molecule has 1 saturated heterocycles. The van der Waals surface area contributed by atoms with E-state index in [0.29, 0.717) is 37.2 Å². The van der Waals surface area contributed by atoms with Gasteiger partial charge >= 0.3 is 0 Å². The van der Waals surface area contributed by atoms with Crippen LogP contribution in [0, 0.1) is 11.8 Å². The molecule has 2 aromatic carbocycles. The van der Waals surface area contributed by atoms with Gasteiger partial charge in [0.2, 0.25) is 0 Å². The highest BCUT2D eigenvalue weighted by Crippen LogP contribution is 2.32. The van der Waals surface area contributed by atoms with Gasteiger partial charge in [0, 0.05) is 10.7 Å². The van der Waals surface area contributed by atoms with Crippen LogP contribution in [-0.4, -0.2) is 30.8 Å². The fraction of sp³-hybridized carbons (Fsp3) is 0.520. The number of alkyl halides is 1. The predicted molar refractivity (Wildman–Crippen MR) is 121 cm³/mol. The minimum Gasteiger partial charge on any atom is -0.377 e. The van der Waals surface area contributed by atoms with Gasteiger partial charge in [-0.3, -0.25) is 0 Å². The molecule has 3 nitrogen and oxygen atoms in total. The van der Waals surface area contributed by atoms with E-state index in [1.54, 1.807) is 0 Å². The summed E-state index contributed by atoms with van der Waals surface area (Å²) in [5.41, 5.74) is 2.39. The van der Waals surface area contributed by atoms with E-state index in [1.807, 2.05) is 36.4 Å². The van der Waals surface area contributed by atoms with Crippen LogP contribution in [0.3, 0.4) is 0 Å². The second-order valence-electron chi connectivity index (χ2n) is 7.93. The van der Waals surface area contributed by atoms with Gasteiger partial charge in [-0.25, -0.2) is 0 Å². The Bertz CT molecular complexity index is 633. The first-order valence-corrected chi connectivity index (χ1v) is 11.7. The molecule has 29 heavy (non-hydrogen) atoms. The summed E-state index contributed by atoms with van der Waals surface area (Å²) < 4.78 is 18.4. The van der Waals surface area contributed by atoms with Crippen LogP contribution in [-0.2, 0) is 27.4 Å². The lowest BCUT2D eigenvalue weighted by molar-refractivity contribution is -0.0903. The molecule has 0 amide bonds. The molecule has 3 unspecified atom stereocenters. The average Bonchev–Trinajstić information content (AvgIpc) is 2.76. The third kappa shape index (κ3) is 7.53. The summed E-state index contributed by atoms with van der Waals surface area (Å²) in [5, 5.41) is 0. The largest absolute Gasteiger partial charge is 0.377 e. The van der Waals surface area contributed by atoms with Crippen molar-refractivity contribution in [3.63, 3.8) is 0 Å². The average molecular weight is 461 g/mol. The lowest BCUT2D eigenvalue weighted by Crippen LogP contribution is -2.41. The van der Waals surface area contributed by atoms with E-state index in [9.17, 15) is 0 Å². The molecule has 158 valence electrons. The van der Waals surface area contributed by atoms with Gasteiger partial charge in [0.1, 0.15) is 0 Å². The van der Waals surface area contributed by atoms with E-state index in [2.05, 4.69) is 47.1 Å². The third-order valence-corrected chi connectivity index (χ3v) is 6.69. The molecular weight excluding hydrogens is 428 g/mol. The molecule has 4 heteroatoms. The van der Waals surface area contributed by atoms with Crippen LogP contribution in [0.5, 0.6) is 0 Å². The fourth-order valence-corrected chi connectivity index (χ4v) is 4.65. The lowest BCUT2D eigenvalue weighted by Gasteiger charge is -2.37. The number of ether oxygens (including phenoxy) is 3. The minimum atomic E-state index is 0.166. The van der Waals surface area contributed by atoms with Crippen molar-refractivity contribution >= 4 is 15.9 Å². The van der Waals surface area contributed by atoms with E-state index in [-0.39, 0.29) is 12.0 Å². The Balaban J connectivity index is 1.53. The molecule has 0 radical (unpaired) electrons. The Morgan fingerprint density at radius 1 is 0.931 bits per heavy atom. The van der Waals surface area contributed by atoms with Crippen molar-refractivity contribution < 1.29 is 14.2 Å². The molecule has 0 saturated carbocycles. The molecular formula is C25H33BrO3. The molecule has 2 aromatic rings. The zero-order valence-corrected chi connectivity index (χ0v) is 18.9. The molecule has 3 atom stereocenters. The zero-order chi connectivity index (χ0) is 20.3. The van der Waals surface area contributed by atoms with Crippen molar-refractivity contribution in [1.82, 2.24) is 0 Å². The van der Waals surface area contributed by atoms with Gasteiger partial charge in [0.25, 0.3) is 0 Å². The Morgan fingerprint density at radius 2 is 1.48 bits per heavy atom. The molecule has 0 bridgehead atoms. The molecule has 1 fully saturated rings. The number of rotatable bonds is 11. The maximum atomic E-state index is 6.29. The topological polar surface area (TPSA) is 27.7 Å². The second kappa shape index (κ2) is 12.5. The van der Waals surface area contributed by atoms with Gasteiger partial charge in [0.15, 0.2) is 0 Å². The van der Waals surface area contributed by atoms with Gasteiger partial charge < -0.3 is 14.2 Å². The van der Waals surface area contributed by atoms with Gasteiger partial charge in [0.05, 0.1) is 39.1 Å². The molecule has 0 spiro atoms. The summed E-state index contributed by atoms with van der Waals surface area (Å²) >= 11 is 3.91. The van der Waals surface area contributed by atoms with Gasteiger partial charge in [-0.1, -0.05) is 89.9 Å². The Morgan fingerprint density at radius 3 is 1.97 bits per heavy atom. The van der Waals surface area contributed by atoms with Crippen molar-refractivity contribution in [2.24, 2.45) is 11.8 Å². The molecule has 1 aliphatic heterocycles. The molecule has 0 N–H and O–H groups in total. The number of hydrogen-bond acceptors (Lipinski definition) is 3. The van der Waals surface area contributed by atoms with E-state index in [4.69, 9.17) is 14.2 Å². The quantitative estimate of drug-likeness (QED) is 0.384. The van der Waals surface area contributed by atoms with Crippen molar-refractivity contribution in [2.45, 2.75) is 50.3 Å². The highest BCUT2D eigenvalue weighted by Gasteiger charge is 2.33. The molecule has 1 heterocycles. The molecule has 1 aliphatic rings. The predicted octanol–water partition coefficient (Wildman–Crippen LogP) is 6.00. The maximum absolute atomic E-state index is 6.29. The van der Waals surface area contributed by atoms with E-state index in [1.165, 1.54) is 24.0 Å². The number of hydrogen-bond donors (Lipinski definition) is 0. The summed E-state index contributed by atoms with van der Waals surface area (Å²) in [5.74, 6) is 0.831. The van der Waals surface area contributed by atoms with Crippen LogP contribution < -0.4 is 0 Å². The summed E-state index contributed by atoms with van der Waals surface area (Å²) in [6.07, 6.45) is 3.59. The van der Waals surface area contributed by atoms with Crippen LogP contribution >= 0.6 is 15.9 Å². The minimum absolute atomic E-state index is 0.166. The van der Waals surface area contributed by atoms with Crippen LogP contribution in [0.25, 0.3) is 0 Å². The first-order valence-electron chi connectivity index (χ1n) is 10.7. The van der Waals surface area contributed by atoms with Crippen LogP contribution in [0.4, 0.5) is 0 Å². The summed E-state index contributed by atoms with van der Waals surface area (Å²) in [4.78, 5) is 0.506. The van der Waals surface area contributed by atoms with Gasteiger partial charge in [-0.05, 0) is 29.9 Å². The third-order valence-electron chi connectivity index (χ3n) is 5.57. The summed E-state index contributed by atoms with van der Waals surface area (Å²) in [6.45, 7) is 5.60. The second-order valence-corrected chi connectivity index (χ2v) is 9.11. The monoisotopic (exact) mass is 460 g/mol. The van der Waals surface area contributed by atoms with Crippen LogP contribution in [0.15, 0.2) is 60.7 Å². The van der Waals surface area contributed by atoms with Crippen molar-refractivity contribution in [3.8, 4) is 0 Å². The Kier molecular flexibility index (Phi) is 9.68. The van der Waals surface area contributed by atoms with E-state index >= 15 is 0 Å². The normalized spacial score (nSPS) is 22.1. The van der Waals surface area contributed by atoms with E-state index in [0.717, 1.165) is 13.0 Å². The van der Waals surface area contributed by atoms with Gasteiger partial charge in [-0.2, -0.15) is 0 Å². The Hall–Kier alpha value is -1.20. The standard InChI is InChI=1S/C25H33BrO3/c1-2-9-22-19-29-25(14-24(22)26)23(17-27-15-20-10-5-3-6-11-20)18-28-16-21-12-7-4-8-13-21/h3-8,10-13,22-25H,2,9,14-19H2,1H3. The lowest BCUT2D eigenvalue weighted by atomic mass is 9.89. The van der Waals surface area contributed by atoms with Crippen LogP contribution in [0.1, 0.15) is 37.3 Å². The highest BCUT2D eigenvalue weighted by molar-refractivity contribution is 9.09. The number of halogens is 1.